The Labute approximate surface area is 168 Å². The molecule has 0 bridgehead atoms. The van der Waals surface area contributed by atoms with Crippen molar-refractivity contribution in [2.75, 3.05) is 12.0 Å². The molecule has 29 heavy (non-hydrogen) atoms. The molecule has 150 valence electrons. The molecule has 0 aliphatic carbocycles. The van der Waals surface area contributed by atoms with Crippen molar-refractivity contribution in [2.24, 2.45) is 0 Å². The number of phenols is 1. The highest BCUT2D eigenvalue weighted by molar-refractivity contribution is 6.39. The molecule has 2 aromatic carbocycles. The lowest BCUT2D eigenvalue weighted by Crippen LogP contribution is -2.54. The highest BCUT2D eigenvalue weighted by atomic mass is 16.5. The van der Waals surface area contributed by atoms with Crippen LogP contribution in [0.1, 0.15) is 37.3 Å². The summed E-state index contributed by atoms with van der Waals surface area (Å²) in [6.07, 6.45) is 2.33. The highest BCUT2D eigenvalue weighted by Gasteiger charge is 2.36. The second-order valence-corrected chi connectivity index (χ2v) is 6.79. The number of carbonyl (C=O) groups excluding carboxylic acids is 3. The Morgan fingerprint density at radius 3 is 2.45 bits per heavy atom. The molecule has 2 N–H and O–H groups in total. The van der Waals surface area contributed by atoms with Gasteiger partial charge in [-0.25, -0.2) is 9.69 Å². The first-order valence-corrected chi connectivity index (χ1v) is 9.24. The number of hydrogen-bond donors (Lipinski definition) is 2. The van der Waals surface area contributed by atoms with E-state index in [0.717, 1.165) is 16.9 Å². The Bertz CT molecular complexity index is 995. The number of imide groups is 2. The number of carbonyl (C=O) groups is 3. The van der Waals surface area contributed by atoms with Crippen LogP contribution in [-0.2, 0) is 9.59 Å². The van der Waals surface area contributed by atoms with Crippen LogP contribution in [-0.4, -0.2) is 30.1 Å². The molecule has 1 fully saturated rings. The number of phenolic OH excluding ortho intramolecular Hbond substituents is 1. The molecule has 1 atom stereocenters. The van der Waals surface area contributed by atoms with Crippen LogP contribution in [0.3, 0.4) is 0 Å². The Kier molecular flexibility index (Phi) is 5.68. The lowest BCUT2D eigenvalue weighted by Gasteiger charge is -2.26. The molecular weight excluding hydrogens is 372 g/mol. The fourth-order valence-electron chi connectivity index (χ4n) is 3.03. The van der Waals surface area contributed by atoms with Crippen molar-refractivity contribution in [1.82, 2.24) is 5.32 Å². The number of ether oxygens (including phenoxy) is 1. The van der Waals surface area contributed by atoms with Gasteiger partial charge in [-0.15, -0.1) is 0 Å². The number of aromatic hydroxyl groups is 1. The van der Waals surface area contributed by atoms with Gasteiger partial charge in [-0.3, -0.25) is 14.9 Å². The van der Waals surface area contributed by atoms with Crippen LogP contribution in [0.2, 0.25) is 0 Å². The van der Waals surface area contributed by atoms with Gasteiger partial charge in [0.1, 0.15) is 5.57 Å². The summed E-state index contributed by atoms with van der Waals surface area (Å²) in [5, 5.41) is 11.9. The molecule has 1 heterocycles. The summed E-state index contributed by atoms with van der Waals surface area (Å²) in [6.45, 7) is 4.18. The molecule has 1 saturated heterocycles. The predicted octanol–water partition coefficient (Wildman–Crippen LogP) is 3.58. The second-order valence-electron chi connectivity index (χ2n) is 6.79. The SMILES string of the molecule is CCC(C)c1ccc(N2C(=O)NC(=O)C(=Cc3ccc(O)c(OC)c3)C2=O)cc1. The maximum atomic E-state index is 12.9. The molecule has 7 nitrogen and oxygen atoms in total. The molecule has 1 unspecified atom stereocenters. The van der Waals surface area contributed by atoms with Crippen LogP contribution in [0, 0.1) is 0 Å². The zero-order chi connectivity index (χ0) is 21.1. The minimum Gasteiger partial charge on any atom is -0.504 e. The van der Waals surface area contributed by atoms with Crippen LogP contribution < -0.4 is 15.0 Å². The number of amides is 4. The number of nitrogens with zero attached hydrogens (tertiary/aromatic N) is 1. The minimum absolute atomic E-state index is 0.0627. The third-order valence-corrected chi connectivity index (χ3v) is 4.95. The average Bonchev–Trinajstić information content (AvgIpc) is 2.72. The number of hydrogen-bond acceptors (Lipinski definition) is 5. The van der Waals surface area contributed by atoms with Crippen molar-refractivity contribution in [3.63, 3.8) is 0 Å². The van der Waals surface area contributed by atoms with Gasteiger partial charge >= 0.3 is 6.03 Å². The van der Waals surface area contributed by atoms with Crippen LogP contribution in [0.4, 0.5) is 10.5 Å². The van der Waals surface area contributed by atoms with Gasteiger partial charge < -0.3 is 9.84 Å². The molecule has 2 aromatic rings. The Morgan fingerprint density at radius 2 is 1.83 bits per heavy atom. The summed E-state index contributed by atoms with van der Waals surface area (Å²) in [5.74, 6) is -0.998. The summed E-state index contributed by atoms with van der Waals surface area (Å²) < 4.78 is 5.05. The van der Waals surface area contributed by atoms with Crippen molar-refractivity contribution >= 4 is 29.6 Å². The van der Waals surface area contributed by atoms with Gasteiger partial charge in [-0.1, -0.05) is 32.0 Å². The fraction of sp³-hybridized carbons (Fsp3) is 0.227. The highest BCUT2D eigenvalue weighted by Crippen LogP contribution is 2.29. The maximum absolute atomic E-state index is 12.9. The molecule has 7 heteroatoms. The molecule has 0 spiro atoms. The van der Waals surface area contributed by atoms with Crippen LogP contribution in [0.25, 0.3) is 6.08 Å². The lowest BCUT2D eigenvalue weighted by atomic mass is 9.98. The van der Waals surface area contributed by atoms with Gasteiger partial charge in [-0.05, 0) is 53.8 Å². The van der Waals surface area contributed by atoms with Gasteiger partial charge in [0.2, 0.25) is 0 Å². The molecule has 1 aliphatic heterocycles. The number of urea groups is 1. The first-order chi connectivity index (χ1) is 13.8. The van der Waals surface area contributed by atoms with Crippen LogP contribution in [0.15, 0.2) is 48.0 Å². The van der Waals surface area contributed by atoms with Gasteiger partial charge in [0, 0.05) is 0 Å². The monoisotopic (exact) mass is 394 g/mol. The number of barbiturate groups is 1. The van der Waals surface area contributed by atoms with E-state index in [9.17, 15) is 19.5 Å². The number of rotatable bonds is 5. The Hall–Kier alpha value is -3.61. The van der Waals surface area contributed by atoms with Crippen molar-refractivity contribution < 1.29 is 24.2 Å². The number of methoxy groups -OCH3 is 1. The van der Waals surface area contributed by atoms with Crippen molar-refractivity contribution in [3.05, 3.63) is 59.2 Å². The molecule has 1 aliphatic rings. The molecule has 0 radical (unpaired) electrons. The normalized spacial score (nSPS) is 16.7. The first-order valence-electron chi connectivity index (χ1n) is 9.24. The zero-order valence-electron chi connectivity index (χ0n) is 16.4. The van der Waals surface area contributed by atoms with Crippen molar-refractivity contribution in [3.8, 4) is 11.5 Å². The van der Waals surface area contributed by atoms with E-state index in [1.807, 2.05) is 12.1 Å². The van der Waals surface area contributed by atoms with Gasteiger partial charge in [0.25, 0.3) is 11.8 Å². The molecule has 0 aromatic heterocycles. The van der Waals surface area contributed by atoms with Crippen molar-refractivity contribution in [2.45, 2.75) is 26.2 Å². The minimum atomic E-state index is -0.795. The average molecular weight is 394 g/mol. The van der Waals surface area contributed by atoms with Crippen LogP contribution in [0.5, 0.6) is 11.5 Å². The summed E-state index contributed by atoms with van der Waals surface area (Å²) in [4.78, 5) is 38.5. The standard InChI is InChI=1S/C22H22N2O5/c1-4-13(2)15-6-8-16(9-7-15)24-21(27)17(20(26)23-22(24)28)11-14-5-10-18(25)19(12-14)29-3/h5-13,25H,4H2,1-3H3,(H,23,26,28). The predicted molar refractivity (Wildman–Crippen MR) is 109 cm³/mol. The smallest absolute Gasteiger partial charge is 0.335 e. The zero-order valence-corrected chi connectivity index (χ0v) is 16.4. The van der Waals surface area contributed by atoms with E-state index in [1.54, 1.807) is 12.1 Å². The Balaban J connectivity index is 1.96. The number of benzene rings is 2. The lowest BCUT2D eigenvalue weighted by molar-refractivity contribution is -0.122. The van der Waals surface area contributed by atoms with Crippen molar-refractivity contribution in [1.29, 1.82) is 0 Å². The third kappa shape index (κ3) is 3.99. The summed E-state index contributed by atoms with van der Waals surface area (Å²) in [5.41, 5.74) is 1.76. The van der Waals surface area contributed by atoms with Gasteiger partial charge in [-0.2, -0.15) is 0 Å². The van der Waals surface area contributed by atoms with E-state index in [1.165, 1.54) is 31.4 Å². The molecular formula is C22H22N2O5. The summed E-state index contributed by atoms with van der Waals surface area (Å²) in [7, 11) is 1.40. The van der Waals surface area contributed by atoms with Gasteiger partial charge in [0.15, 0.2) is 11.5 Å². The fourth-order valence-corrected chi connectivity index (χ4v) is 3.03. The first kappa shape index (κ1) is 20.1. The summed E-state index contributed by atoms with van der Waals surface area (Å²) in [6, 6.07) is 10.7. The number of nitrogens with one attached hydrogen (secondary N) is 1. The third-order valence-electron chi connectivity index (χ3n) is 4.95. The number of anilines is 1. The molecule has 0 saturated carbocycles. The van der Waals surface area contributed by atoms with E-state index >= 15 is 0 Å². The second kappa shape index (κ2) is 8.18. The van der Waals surface area contributed by atoms with E-state index in [2.05, 4.69) is 19.2 Å². The molecule has 4 amide bonds. The molecule has 3 rings (SSSR count). The maximum Gasteiger partial charge on any atom is 0.335 e. The van der Waals surface area contributed by atoms with E-state index in [-0.39, 0.29) is 17.1 Å². The summed E-state index contributed by atoms with van der Waals surface area (Å²) >= 11 is 0. The van der Waals surface area contributed by atoms with Crippen LogP contribution >= 0.6 is 0 Å². The Morgan fingerprint density at radius 1 is 1.14 bits per heavy atom. The largest absolute Gasteiger partial charge is 0.504 e. The quantitative estimate of drug-likeness (QED) is 0.597. The topological polar surface area (TPSA) is 95.9 Å². The van der Waals surface area contributed by atoms with E-state index < -0.39 is 17.8 Å². The van der Waals surface area contributed by atoms with Gasteiger partial charge in [0.05, 0.1) is 12.8 Å². The van der Waals surface area contributed by atoms with E-state index in [0.29, 0.717) is 17.2 Å². The van der Waals surface area contributed by atoms with E-state index in [4.69, 9.17) is 4.74 Å².